The zero-order chi connectivity index (χ0) is 16.6. The number of amides is 2. The van der Waals surface area contributed by atoms with E-state index in [1.165, 1.54) is 13.1 Å². The maximum atomic E-state index is 11.5. The Morgan fingerprint density at radius 1 is 1.22 bits per heavy atom. The SMILES string of the molecule is Cc1ccc(-c2ccc(C=C3SC(=O)NC3=O)o2)cc1[N+](C)=O. The molecule has 0 radical (unpaired) electrons. The molecule has 0 saturated carbocycles. The number of benzene rings is 1. The first-order valence-electron chi connectivity index (χ1n) is 6.80. The highest BCUT2D eigenvalue weighted by Crippen LogP contribution is 2.30. The highest BCUT2D eigenvalue weighted by atomic mass is 32.2. The highest BCUT2D eigenvalue weighted by molar-refractivity contribution is 8.18. The molecule has 1 aliphatic heterocycles. The Kier molecular flexibility index (Phi) is 3.87. The molecule has 7 heteroatoms. The molecule has 0 spiro atoms. The van der Waals surface area contributed by atoms with Gasteiger partial charge in [0.05, 0.1) is 4.91 Å². The maximum absolute atomic E-state index is 11.5. The number of aryl methyl sites for hydroxylation is 1. The first kappa shape index (κ1) is 15.2. The van der Waals surface area contributed by atoms with E-state index in [1.807, 2.05) is 19.1 Å². The number of furan rings is 1. The third-order valence-electron chi connectivity index (χ3n) is 3.38. The number of rotatable bonds is 3. The van der Waals surface area contributed by atoms with Crippen LogP contribution in [0.25, 0.3) is 17.4 Å². The number of nitrogens with zero attached hydrogens (tertiary/aromatic N) is 1. The van der Waals surface area contributed by atoms with Crippen LogP contribution in [0, 0.1) is 11.8 Å². The number of thioether (sulfide) groups is 1. The Labute approximate surface area is 136 Å². The minimum absolute atomic E-state index is 0.291. The Morgan fingerprint density at radius 3 is 2.65 bits per heavy atom. The van der Waals surface area contributed by atoms with Crippen LogP contribution in [0.5, 0.6) is 0 Å². The van der Waals surface area contributed by atoms with Gasteiger partial charge >= 0.3 is 0 Å². The topological polar surface area (TPSA) is 79.4 Å². The van der Waals surface area contributed by atoms with Gasteiger partial charge in [-0.2, -0.15) is 0 Å². The molecule has 0 bridgehead atoms. The Bertz CT molecular complexity index is 867. The Morgan fingerprint density at radius 2 is 2.00 bits per heavy atom. The molecule has 2 heterocycles. The third kappa shape index (κ3) is 3.09. The van der Waals surface area contributed by atoms with Crippen molar-refractivity contribution in [3.63, 3.8) is 0 Å². The van der Waals surface area contributed by atoms with E-state index in [0.717, 1.165) is 27.6 Å². The molecule has 1 aliphatic rings. The van der Waals surface area contributed by atoms with Crippen LogP contribution < -0.4 is 5.32 Å². The molecule has 1 N–H and O–H groups in total. The average Bonchev–Trinajstić information content (AvgIpc) is 3.06. The number of nitrogens with one attached hydrogen (secondary N) is 1. The summed E-state index contributed by atoms with van der Waals surface area (Å²) in [5.74, 6) is 0.614. The summed E-state index contributed by atoms with van der Waals surface area (Å²) in [7, 11) is 1.44. The van der Waals surface area contributed by atoms with Crippen LogP contribution in [-0.4, -0.2) is 23.0 Å². The summed E-state index contributed by atoms with van der Waals surface area (Å²) in [6.45, 7) is 1.86. The quantitative estimate of drug-likeness (QED) is 0.687. The molecular weight excluding hydrogens is 316 g/mol. The summed E-state index contributed by atoms with van der Waals surface area (Å²) in [4.78, 5) is 34.5. The summed E-state index contributed by atoms with van der Waals surface area (Å²) in [6, 6.07) is 8.92. The Hall–Kier alpha value is -2.67. The molecule has 0 unspecified atom stereocenters. The van der Waals surface area contributed by atoms with Crippen LogP contribution in [0.3, 0.4) is 0 Å². The second-order valence-electron chi connectivity index (χ2n) is 5.05. The monoisotopic (exact) mass is 329 g/mol. The third-order valence-corrected chi connectivity index (χ3v) is 4.19. The summed E-state index contributed by atoms with van der Waals surface area (Å²) in [5, 5.41) is 1.79. The number of hydrogen-bond donors (Lipinski definition) is 1. The van der Waals surface area contributed by atoms with Gasteiger partial charge in [-0.3, -0.25) is 14.9 Å². The number of carbonyl (C=O) groups is 2. The standard InChI is InChI=1S/C16H12N2O4S/c1-9-3-4-10(7-12(9)18(2)21)13-6-5-11(22-13)8-14-15(19)17-16(20)23-14/h3-8H,1-2H3/p+1. The molecule has 3 rings (SSSR count). The maximum Gasteiger partial charge on any atom is 0.290 e. The van der Waals surface area contributed by atoms with Crippen LogP contribution in [-0.2, 0) is 4.79 Å². The fourth-order valence-electron chi connectivity index (χ4n) is 2.24. The van der Waals surface area contributed by atoms with Crippen LogP contribution in [0.1, 0.15) is 11.3 Å². The molecule has 1 aromatic heterocycles. The second kappa shape index (κ2) is 5.85. The number of imide groups is 1. The van der Waals surface area contributed by atoms with E-state index in [2.05, 4.69) is 5.32 Å². The van der Waals surface area contributed by atoms with Gasteiger partial charge in [-0.15, -0.1) is 0 Å². The van der Waals surface area contributed by atoms with Crippen LogP contribution >= 0.6 is 11.8 Å². The van der Waals surface area contributed by atoms with Crippen molar-refractivity contribution in [1.29, 1.82) is 0 Å². The van der Waals surface area contributed by atoms with Gasteiger partial charge in [-0.1, -0.05) is 12.1 Å². The predicted octanol–water partition coefficient (Wildman–Crippen LogP) is 3.62. The summed E-state index contributed by atoms with van der Waals surface area (Å²) >= 11 is 0.835. The lowest BCUT2D eigenvalue weighted by Gasteiger charge is -1.99. The van der Waals surface area contributed by atoms with Crippen LogP contribution in [0.4, 0.5) is 10.5 Å². The van der Waals surface area contributed by atoms with E-state index in [9.17, 15) is 14.5 Å². The first-order chi connectivity index (χ1) is 10.9. The minimum atomic E-state index is -0.427. The largest absolute Gasteiger partial charge is 0.457 e. The summed E-state index contributed by atoms with van der Waals surface area (Å²) in [6.07, 6.45) is 1.52. The Balaban J connectivity index is 1.92. The molecule has 2 aromatic rings. The predicted molar refractivity (Wildman–Crippen MR) is 87.2 cm³/mol. The van der Waals surface area contributed by atoms with E-state index in [0.29, 0.717) is 22.1 Å². The van der Waals surface area contributed by atoms with Gasteiger partial charge in [0.1, 0.15) is 11.5 Å². The van der Waals surface area contributed by atoms with Gasteiger partial charge in [0.25, 0.3) is 16.8 Å². The first-order valence-corrected chi connectivity index (χ1v) is 7.62. The zero-order valence-corrected chi connectivity index (χ0v) is 13.3. The summed E-state index contributed by atoms with van der Waals surface area (Å²) < 4.78 is 6.49. The number of nitroso groups, excluding NO2 is 1. The fraction of sp³-hybridized carbons (Fsp3) is 0.125. The van der Waals surface area contributed by atoms with E-state index < -0.39 is 11.1 Å². The van der Waals surface area contributed by atoms with Crippen molar-refractivity contribution < 1.29 is 18.8 Å². The number of carbonyl (C=O) groups excluding carboxylic acids is 2. The smallest absolute Gasteiger partial charge is 0.290 e. The molecule has 116 valence electrons. The molecule has 0 atom stereocenters. The molecule has 1 fully saturated rings. The molecule has 1 aromatic carbocycles. The van der Waals surface area contributed by atoms with Crippen LogP contribution in [0.15, 0.2) is 39.7 Å². The van der Waals surface area contributed by atoms with Crippen molar-refractivity contribution in [2.24, 2.45) is 0 Å². The van der Waals surface area contributed by atoms with Gasteiger partial charge in [0.15, 0.2) is 7.05 Å². The molecule has 0 aliphatic carbocycles. The molecule has 2 amide bonds. The molecular formula is C16H13N2O4S+. The van der Waals surface area contributed by atoms with Crippen molar-refractivity contribution in [1.82, 2.24) is 5.32 Å². The second-order valence-corrected chi connectivity index (χ2v) is 6.07. The van der Waals surface area contributed by atoms with Gasteiger partial charge in [0, 0.05) is 32.9 Å². The van der Waals surface area contributed by atoms with E-state index in [4.69, 9.17) is 4.42 Å². The lowest BCUT2D eigenvalue weighted by atomic mass is 10.1. The highest BCUT2D eigenvalue weighted by Gasteiger charge is 2.25. The van der Waals surface area contributed by atoms with Crippen molar-refractivity contribution in [2.45, 2.75) is 6.92 Å². The fourth-order valence-corrected chi connectivity index (χ4v) is 2.90. The van der Waals surface area contributed by atoms with Crippen molar-refractivity contribution in [3.8, 4) is 11.3 Å². The average molecular weight is 329 g/mol. The lowest BCUT2D eigenvalue weighted by Crippen LogP contribution is -2.17. The normalized spacial score (nSPS) is 16.0. The van der Waals surface area contributed by atoms with Gasteiger partial charge in [-0.25, -0.2) is 0 Å². The zero-order valence-electron chi connectivity index (χ0n) is 12.5. The summed E-state index contributed by atoms with van der Waals surface area (Å²) in [5.41, 5.74) is 2.20. The van der Waals surface area contributed by atoms with Gasteiger partial charge < -0.3 is 4.42 Å². The lowest BCUT2D eigenvalue weighted by molar-refractivity contribution is -0.428. The van der Waals surface area contributed by atoms with Gasteiger partial charge in [0.2, 0.25) is 0 Å². The van der Waals surface area contributed by atoms with Crippen molar-refractivity contribution >= 4 is 34.7 Å². The molecule has 1 saturated heterocycles. The van der Waals surface area contributed by atoms with Crippen molar-refractivity contribution in [2.75, 3.05) is 7.05 Å². The molecule has 6 nitrogen and oxygen atoms in total. The van der Waals surface area contributed by atoms with Crippen LogP contribution in [0.2, 0.25) is 0 Å². The van der Waals surface area contributed by atoms with Crippen molar-refractivity contribution in [3.05, 3.63) is 51.5 Å². The minimum Gasteiger partial charge on any atom is -0.457 e. The number of hydrogen-bond acceptors (Lipinski definition) is 5. The van der Waals surface area contributed by atoms with E-state index in [1.54, 1.807) is 18.2 Å². The molecule has 23 heavy (non-hydrogen) atoms. The van der Waals surface area contributed by atoms with E-state index in [-0.39, 0.29) is 0 Å². The van der Waals surface area contributed by atoms with E-state index >= 15 is 0 Å². The van der Waals surface area contributed by atoms with Gasteiger partial charge in [-0.05, 0) is 30.8 Å².